The molecule has 1 amide bonds. The van der Waals surface area contributed by atoms with E-state index in [9.17, 15) is 9.59 Å². The predicted octanol–water partition coefficient (Wildman–Crippen LogP) is 2.87. The highest BCUT2D eigenvalue weighted by atomic mass is 16.6. The molecule has 3 fully saturated rings. The molecule has 0 radical (unpaired) electrons. The lowest BCUT2D eigenvalue weighted by Crippen LogP contribution is -2.52. The zero-order valence-corrected chi connectivity index (χ0v) is 19.3. The number of aromatic nitrogens is 1. The first kappa shape index (κ1) is 23.4. The second-order valence-electron chi connectivity index (χ2n) is 8.85. The second kappa shape index (κ2) is 11.4. The van der Waals surface area contributed by atoms with Crippen molar-refractivity contribution in [1.29, 1.82) is 0 Å². The lowest BCUT2D eigenvalue weighted by Gasteiger charge is -2.43. The third-order valence-corrected chi connectivity index (χ3v) is 6.70. The Balaban J connectivity index is 1.35. The van der Waals surface area contributed by atoms with Gasteiger partial charge in [-0.2, -0.15) is 0 Å². The summed E-state index contributed by atoms with van der Waals surface area (Å²) in [6.45, 7) is 6.05. The molecule has 1 aromatic heterocycles. The van der Waals surface area contributed by atoms with E-state index < -0.39 is 5.92 Å². The largest absolute Gasteiger partial charge is 0.459 e. The number of nitrogens with zero attached hydrogens (tertiary/aromatic N) is 3. The molecule has 0 aliphatic carbocycles. The van der Waals surface area contributed by atoms with Crippen molar-refractivity contribution in [3.05, 3.63) is 66.0 Å². The Bertz CT molecular complexity index is 900. The van der Waals surface area contributed by atoms with Gasteiger partial charge in [-0.05, 0) is 62.0 Å². The van der Waals surface area contributed by atoms with Crippen LogP contribution in [0.5, 0.6) is 0 Å². The predicted molar refractivity (Wildman–Crippen MR) is 124 cm³/mol. The fourth-order valence-corrected chi connectivity index (χ4v) is 4.78. The summed E-state index contributed by atoms with van der Waals surface area (Å²) in [7, 11) is 0. The Morgan fingerprint density at radius 1 is 1.12 bits per heavy atom. The molecule has 3 aliphatic rings. The maximum atomic E-state index is 13.5. The fourth-order valence-electron chi connectivity index (χ4n) is 4.78. The van der Waals surface area contributed by atoms with Gasteiger partial charge in [-0.25, -0.2) is 4.79 Å². The van der Waals surface area contributed by atoms with Crippen molar-refractivity contribution < 1.29 is 19.1 Å². The maximum Gasteiger partial charge on any atom is 0.332 e. The second-order valence-corrected chi connectivity index (χ2v) is 8.85. The highest BCUT2D eigenvalue weighted by molar-refractivity contribution is 5.84. The quantitative estimate of drug-likeness (QED) is 0.518. The van der Waals surface area contributed by atoms with E-state index in [1.807, 2.05) is 54.3 Å². The van der Waals surface area contributed by atoms with Gasteiger partial charge < -0.3 is 14.4 Å². The third-order valence-electron chi connectivity index (χ3n) is 6.70. The molecular formula is C26H33N3O4. The van der Waals surface area contributed by atoms with Crippen LogP contribution in [0, 0.1) is 5.92 Å². The number of fused-ring (bicyclic) bond motifs is 3. The number of amides is 1. The van der Waals surface area contributed by atoms with E-state index in [4.69, 9.17) is 9.47 Å². The monoisotopic (exact) mass is 451 g/mol. The lowest BCUT2D eigenvalue weighted by atomic mass is 9.86. The van der Waals surface area contributed by atoms with Gasteiger partial charge in [0.05, 0.1) is 12.5 Å². The Kier molecular flexibility index (Phi) is 8.07. The van der Waals surface area contributed by atoms with Gasteiger partial charge in [-0.15, -0.1) is 0 Å². The van der Waals surface area contributed by atoms with Crippen LogP contribution in [0.4, 0.5) is 0 Å². The van der Waals surface area contributed by atoms with Gasteiger partial charge in [0.1, 0.15) is 12.7 Å². The molecule has 2 atom stereocenters. The Hall–Kier alpha value is -2.77. The van der Waals surface area contributed by atoms with Gasteiger partial charge in [0, 0.05) is 32.0 Å². The van der Waals surface area contributed by atoms with Crippen molar-refractivity contribution in [2.24, 2.45) is 5.92 Å². The molecule has 4 heterocycles. The van der Waals surface area contributed by atoms with Crippen molar-refractivity contribution in [3.8, 4) is 0 Å². The molecule has 5 rings (SSSR count). The Labute approximate surface area is 195 Å². The van der Waals surface area contributed by atoms with Crippen LogP contribution in [0.25, 0.3) is 0 Å². The highest BCUT2D eigenvalue weighted by Gasteiger charge is 2.36. The molecule has 1 aromatic carbocycles. The molecule has 7 heteroatoms. The third kappa shape index (κ3) is 6.18. The molecule has 3 aliphatic heterocycles. The molecule has 0 spiro atoms. The van der Waals surface area contributed by atoms with Crippen molar-refractivity contribution in [2.45, 2.75) is 38.3 Å². The number of carbonyl (C=O) groups is 2. The van der Waals surface area contributed by atoms with E-state index in [1.165, 1.54) is 0 Å². The number of carbonyl (C=O) groups excluding carboxylic acids is 2. The molecule has 2 bridgehead atoms. The summed E-state index contributed by atoms with van der Waals surface area (Å²) in [5.74, 6) is -0.398. The summed E-state index contributed by atoms with van der Waals surface area (Å²) in [6, 6.07) is 13.4. The zero-order chi connectivity index (χ0) is 23.0. The van der Waals surface area contributed by atoms with E-state index >= 15 is 0 Å². The van der Waals surface area contributed by atoms with Crippen molar-refractivity contribution in [1.82, 2.24) is 14.8 Å². The number of pyridine rings is 1. The lowest BCUT2D eigenvalue weighted by molar-refractivity contribution is -0.164. The van der Waals surface area contributed by atoms with Gasteiger partial charge in [-0.3, -0.25) is 14.7 Å². The summed E-state index contributed by atoms with van der Waals surface area (Å²) in [5.41, 5.74) is 1.90. The summed E-state index contributed by atoms with van der Waals surface area (Å²) in [6.07, 6.45) is 5.60. The molecule has 33 heavy (non-hydrogen) atoms. The first-order chi connectivity index (χ1) is 16.1. The Morgan fingerprint density at radius 3 is 2.48 bits per heavy atom. The van der Waals surface area contributed by atoms with Crippen LogP contribution in [-0.2, 0) is 25.6 Å². The molecule has 0 saturated carbocycles. The van der Waals surface area contributed by atoms with Crippen LogP contribution < -0.4 is 0 Å². The van der Waals surface area contributed by atoms with Crippen LogP contribution in [0.1, 0.15) is 36.8 Å². The van der Waals surface area contributed by atoms with Gasteiger partial charge in [0.25, 0.3) is 0 Å². The average molecular weight is 452 g/mol. The average Bonchev–Trinajstić information content (AvgIpc) is 2.87. The molecule has 2 unspecified atom stereocenters. The highest BCUT2D eigenvalue weighted by Crippen LogP contribution is 2.29. The van der Waals surface area contributed by atoms with E-state index in [-0.39, 0.29) is 31.2 Å². The number of benzene rings is 1. The number of rotatable bonds is 10. The summed E-state index contributed by atoms with van der Waals surface area (Å²) in [4.78, 5) is 34.1. The molecule has 7 nitrogen and oxygen atoms in total. The maximum absolute atomic E-state index is 13.5. The first-order valence-electron chi connectivity index (χ1n) is 11.9. The van der Waals surface area contributed by atoms with Gasteiger partial charge in [0.2, 0.25) is 5.91 Å². The number of hydrogen-bond acceptors (Lipinski definition) is 6. The fraction of sp³-hybridized carbons (Fsp3) is 0.500. The van der Waals surface area contributed by atoms with Gasteiger partial charge in [-0.1, -0.05) is 30.3 Å². The van der Waals surface area contributed by atoms with Crippen LogP contribution in [0.3, 0.4) is 0 Å². The SMILES string of the molecule is CCN(Cc1ccncc1)C(=O)C(COCC(=O)OC1CN2CCC1CC2)c1ccccc1. The summed E-state index contributed by atoms with van der Waals surface area (Å²) >= 11 is 0. The summed E-state index contributed by atoms with van der Waals surface area (Å²) in [5, 5.41) is 0. The van der Waals surface area contributed by atoms with Crippen LogP contribution in [0.15, 0.2) is 54.9 Å². The zero-order valence-electron chi connectivity index (χ0n) is 19.3. The molecule has 3 saturated heterocycles. The minimum atomic E-state index is -0.488. The molecule has 2 aromatic rings. The van der Waals surface area contributed by atoms with E-state index in [0.29, 0.717) is 19.0 Å². The molecule has 176 valence electrons. The Morgan fingerprint density at radius 2 is 1.85 bits per heavy atom. The summed E-state index contributed by atoms with van der Waals surface area (Å²) < 4.78 is 11.5. The molecular weight excluding hydrogens is 418 g/mol. The van der Waals surface area contributed by atoms with E-state index in [2.05, 4.69) is 9.88 Å². The number of esters is 1. The minimum absolute atomic E-state index is 0.0220. The van der Waals surface area contributed by atoms with Crippen LogP contribution in [-0.4, -0.2) is 72.2 Å². The van der Waals surface area contributed by atoms with E-state index in [0.717, 1.165) is 43.6 Å². The van der Waals surface area contributed by atoms with Crippen molar-refractivity contribution in [2.75, 3.05) is 39.4 Å². The van der Waals surface area contributed by atoms with Crippen LogP contribution >= 0.6 is 0 Å². The molecule has 0 N–H and O–H groups in total. The number of hydrogen-bond donors (Lipinski definition) is 0. The van der Waals surface area contributed by atoms with Crippen LogP contribution in [0.2, 0.25) is 0 Å². The number of piperidine rings is 3. The minimum Gasteiger partial charge on any atom is -0.459 e. The number of ether oxygens (including phenoxy) is 2. The first-order valence-corrected chi connectivity index (χ1v) is 11.9. The topological polar surface area (TPSA) is 72.0 Å². The van der Waals surface area contributed by atoms with Crippen molar-refractivity contribution >= 4 is 11.9 Å². The van der Waals surface area contributed by atoms with E-state index in [1.54, 1.807) is 12.4 Å². The van der Waals surface area contributed by atoms with Crippen molar-refractivity contribution in [3.63, 3.8) is 0 Å². The smallest absolute Gasteiger partial charge is 0.332 e. The normalized spacial score (nSPS) is 22.5. The van der Waals surface area contributed by atoms with Gasteiger partial charge in [0.15, 0.2) is 0 Å². The standard InChI is InChI=1S/C26H33N3O4/c1-2-29(16-20-8-12-27-13-9-20)26(31)23(21-6-4-3-5-7-21)18-32-19-25(30)33-24-17-28-14-10-22(24)11-15-28/h3-9,12-13,22-24H,2,10-11,14-19H2,1H3. The van der Waals surface area contributed by atoms with Gasteiger partial charge >= 0.3 is 5.97 Å². The number of likely N-dealkylation sites (N-methyl/N-ethyl adjacent to an activating group) is 1.